The van der Waals surface area contributed by atoms with E-state index in [9.17, 15) is 0 Å². The number of aromatic nitrogens is 2. The molecule has 0 saturated heterocycles. The minimum Gasteiger partial charge on any atom is -0.455 e. The second-order valence-electron chi connectivity index (χ2n) is 9.55. The lowest BCUT2D eigenvalue weighted by Gasteiger charge is -2.17. The molecule has 4 aromatic carbocycles. The van der Waals surface area contributed by atoms with Gasteiger partial charge < -0.3 is 14.0 Å². The van der Waals surface area contributed by atoms with Gasteiger partial charge in [-0.3, -0.25) is 0 Å². The Hall–Kier alpha value is -4.24. The Balaban J connectivity index is 1.56. The molecular weight excluding hydrogens is 416 g/mol. The number of aromatic amines is 1. The molecule has 34 heavy (non-hydrogen) atoms. The number of hydrogen-bond donors (Lipinski definition) is 1. The normalized spacial score (nSPS) is 15.9. The lowest BCUT2D eigenvalue weighted by Crippen LogP contribution is -2.08. The predicted octanol–water partition coefficient (Wildman–Crippen LogP) is 8.37. The van der Waals surface area contributed by atoms with E-state index >= 15 is 0 Å². The van der Waals surface area contributed by atoms with Crippen molar-refractivity contribution in [3.05, 3.63) is 96.2 Å². The highest BCUT2D eigenvalue weighted by Gasteiger charge is 2.25. The summed E-state index contributed by atoms with van der Waals surface area (Å²) in [7, 11) is 0. The summed E-state index contributed by atoms with van der Waals surface area (Å²) in [5, 5.41) is 5.93. The van der Waals surface area contributed by atoms with Crippen LogP contribution in [0.25, 0.3) is 66.4 Å². The smallest absolute Gasteiger partial charge is 0.145 e. The van der Waals surface area contributed by atoms with Crippen LogP contribution in [0.5, 0.6) is 0 Å². The molecule has 0 fully saturated rings. The maximum absolute atomic E-state index is 6.82. The maximum atomic E-state index is 6.82. The van der Waals surface area contributed by atoms with Crippen LogP contribution in [0, 0.1) is 5.92 Å². The zero-order valence-electron chi connectivity index (χ0n) is 18.8. The first-order chi connectivity index (χ1) is 16.8. The van der Waals surface area contributed by atoms with Crippen molar-refractivity contribution in [3.63, 3.8) is 0 Å². The number of nitrogens with zero attached hydrogens (tertiary/aromatic N) is 1. The fraction of sp³-hybridized carbons (Fsp3) is 0.0968. The fourth-order valence-corrected chi connectivity index (χ4v) is 5.96. The third-order valence-electron chi connectivity index (χ3n) is 7.47. The molecule has 1 unspecified atom stereocenters. The standard InChI is InChI=1S/C31H22N2O/c1-18-11-12-23-27(17-18)33(19-7-3-2-4-8-19)26-16-14-21-20-13-15-25-28(30(20)34-31(21)29(23)26)22-9-5-6-10-24(22)32-25/h2-16,18,32H,17H2,1H3. The van der Waals surface area contributed by atoms with E-state index in [1.54, 1.807) is 0 Å². The zero-order valence-corrected chi connectivity index (χ0v) is 18.8. The van der Waals surface area contributed by atoms with Crippen LogP contribution in [-0.2, 0) is 6.42 Å². The average molecular weight is 439 g/mol. The van der Waals surface area contributed by atoms with E-state index in [4.69, 9.17) is 4.42 Å². The Kier molecular flexibility index (Phi) is 3.44. The molecule has 1 aliphatic carbocycles. The molecule has 8 rings (SSSR count). The van der Waals surface area contributed by atoms with E-state index in [1.807, 2.05) is 0 Å². The Labute approximate surface area is 195 Å². The number of hydrogen-bond acceptors (Lipinski definition) is 1. The van der Waals surface area contributed by atoms with Crippen LogP contribution in [-0.4, -0.2) is 9.55 Å². The van der Waals surface area contributed by atoms with E-state index in [1.165, 1.54) is 44.0 Å². The van der Waals surface area contributed by atoms with Crippen molar-refractivity contribution in [2.24, 2.45) is 5.92 Å². The first kappa shape index (κ1) is 18.2. The van der Waals surface area contributed by atoms with Gasteiger partial charge in [-0.1, -0.05) is 55.5 Å². The monoisotopic (exact) mass is 438 g/mol. The summed E-state index contributed by atoms with van der Waals surface area (Å²) in [5.41, 5.74) is 9.25. The van der Waals surface area contributed by atoms with Gasteiger partial charge in [0.1, 0.15) is 11.2 Å². The number of benzene rings is 4. The Bertz CT molecular complexity index is 1950. The van der Waals surface area contributed by atoms with Gasteiger partial charge in [0, 0.05) is 38.6 Å². The van der Waals surface area contributed by atoms with Gasteiger partial charge in [-0.25, -0.2) is 0 Å². The molecule has 0 radical (unpaired) electrons. The van der Waals surface area contributed by atoms with E-state index in [2.05, 4.69) is 107 Å². The van der Waals surface area contributed by atoms with Crippen molar-refractivity contribution in [1.82, 2.24) is 9.55 Å². The molecule has 1 atom stereocenters. The number of fused-ring (bicyclic) bond motifs is 11. The summed E-state index contributed by atoms with van der Waals surface area (Å²) in [6, 6.07) is 28.1. The summed E-state index contributed by atoms with van der Waals surface area (Å²) in [4.78, 5) is 3.56. The highest BCUT2D eigenvalue weighted by Crippen LogP contribution is 2.44. The van der Waals surface area contributed by atoms with Gasteiger partial charge in [-0.05, 0) is 54.8 Å². The van der Waals surface area contributed by atoms with Crippen LogP contribution in [0.4, 0.5) is 0 Å². The van der Waals surface area contributed by atoms with E-state index in [-0.39, 0.29) is 0 Å². The Morgan fingerprint density at radius 3 is 2.41 bits per heavy atom. The van der Waals surface area contributed by atoms with Gasteiger partial charge in [-0.2, -0.15) is 0 Å². The SMILES string of the molecule is CC1C=Cc2c(n(-c3ccccc3)c3ccc4c5ccc6[nH]c7ccccc7c6c5oc4c23)C1. The average Bonchev–Trinajstić information content (AvgIpc) is 3.52. The molecule has 3 heterocycles. The molecule has 7 aromatic rings. The van der Waals surface area contributed by atoms with Crippen molar-refractivity contribution >= 4 is 60.7 Å². The second kappa shape index (κ2) is 6.42. The number of allylic oxidation sites excluding steroid dienone is 1. The molecule has 1 N–H and O–H groups in total. The molecule has 3 heteroatoms. The van der Waals surface area contributed by atoms with Gasteiger partial charge >= 0.3 is 0 Å². The minimum absolute atomic E-state index is 0.510. The summed E-state index contributed by atoms with van der Waals surface area (Å²) < 4.78 is 9.25. The zero-order chi connectivity index (χ0) is 22.4. The van der Waals surface area contributed by atoms with Crippen LogP contribution < -0.4 is 0 Å². The quantitative estimate of drug-likeness (QED) is 0.274. The largest absolute Gasteiger partial charge is 0.455 e. The molecule has 0 saturated carbocycles. The number of furan rings is 1. The molecule has 0 spiro atoms. The third-order valence-corrected chi connectivity index (χ3v) is 7.47. The van der Waals surface area contributed by atoms with E-state index in [0.717, 1.165) is 34.0 Å². The minimum atomic E-state index is 0.510. The molecule has 3 nitrogen and oxygen atoms in total. The van der Waals surface area contributed by atoms with Crippen LogP contribution in [0.2, 0.25) is 0 Å². The molecule has 0 bridgehead atoms. The number of H-pyrrole nitrogens is 1. The van der Waals surface area contributed by atoms with Gasteiger partial charge in [0.15, 0.2) is 0 Å². The van der Waals surface area contributed by atoms with Crippen LogP contribution in [0.15, 0.2) is 89.4 Å². The summed E-state index contributed by atoms with van der Waals surface area (Å²) in [5.74, 6) is 0.510. The Morgan fingerprint density at radius 1 is 0.765 bits per heavy atom. The van der Waals surface area contributed by atoms with Gasteiger partial charge in [0.2, 0.25) is 0 Å². The lowest BCUT2D eigenvalue weighted by atomic mass is 9.94. The highest BCUT2D eigenvalue weighted by molar-refractivity contribution is 6.26. The van der Waals surface area contributed by atoms with Crippen LogP contribution in [0.1, 0.15) is 18.2 Å². The van der Waals surface area contributed by atoms with E-state index in [0.29, 0.717) is 5.92 Å². The Morgan fingerprint density at radius 2 is 1.53 bits per heavy atom. The maximum Gasteiger partial charge on any atom is 0.145 e. The van der Waals surface area contributed by atoms with Crippen molar-refractivity contribution < 1.29 is 4.42 Å². The molecule has 3 aromatic heterocycles. The molecule has 0 aliphatic heterocycles. The van der Waals surface area contributed by atoms with Crippen molar-refractivity contribution in [1.29, 1.82) is 0 Å². The fourth-order valence-electron chi connectivity index (χ4n) is 5.96. The summed E-state index contributed by atoms with van der Waals surface area (Å²) >= 11 is 0. The first-order valence-electron chi connectivity index (χ1n) is 11.9. The number of para-hydroxylation sites is 2. The van der Waals surface area contributed by atoms with Crippen molar-refractivity contribution in [2.75, 3.05) is 0 Å². The third kappa shape index (κ3) is 2.26. The first-order valence-corrected chi connectivity index (χ1v) is 11.9. The number of rotatable bonds is 1. The second-order valence-corrected chi connectivity index (χ2v) is 9.55. The van der Waals surface area contributed by atoms with Crippen LogP contribution in [0.3, 0.4) is 0 Å². The van der Waals surface area contributed by atoms with Crippen molar-refractivity contribution in [3.8, 4) is 5.69 Å². The molecule has 162 valence electrons. The van der Waals surface area contributed by atoms with E-state index < -0.39 is 0 Å². The van der Waals surface area contributed by atoms with Gasteiger partial charge in [0.05, 0.1) is 21.8 Å². The van der Waals surface area contributed by atoms with Crippen LogP contribution >= 0.6 is 0 Å². The van der Waals surface area contributed by atoms with Gasteiger partial charge in [-0.15, -0.1) is 0 Å². The lowest BCUT2D eigenvalue weighted by molar-refractivity contribution is 0.676. The molecule has 1 aliphatic rings. The number of nitrogens with one attached hydrogen (secondary N) is 1. The van der Waals surface area contributed by atoms with Gasteiger partial charge in [0.25, 0.3) is 0 Å². The molecule has 0 amide bonds. The highest BCUT2D eigenvalue weighted by atomic mass is 16.3. The predicted molar refractivity (Wildman–Crippen MR) is 142 cm³/mol. The summed E-state index contributed by atoms with van der Waals surface area (Å²) in [6.45, 7) is 2.29. The molecular formula is C31H22N2O. The topological polar surface area (TPSA) is 33.9 Å². The van der Waals surface area contributed by atoms with Crippen molar-refractivity contribution in [2.45, 2.75) is 13.3 Å². The summed E-state index contributed by atoms with van der Waals surface area (Å²) in [6.07, 6.45) is 5.65.